The number of aliphatic hydroxyl groups is 2. The van der Waals surface area contributed by atoms with Gasteiger partial charge >= 0.3 is 5.97 Å². The molecule has 0 rings (SSSR count). The Morgan fingerprint density at radius 3 is 1.05 bits per heavy atom. The van der Waals surface area contributed by atoms with Gasteiger partial charge in [0.15, 0.2) is 0 Å². The molecule has 0 aromatic rings. The van der Waals surface area contributed by atoms with Crippen LogP contribution in [0, 0.1) is 0 Å². The van der Waals surface area contributed by atoms with Crippen LogP contribution in [-0.4, -0.2) is 35.5 Å². The molecule has 0 heterocycles. The van der Waals surface area contributed by atoms with Crippen LogP contribution in [0.25, 0.3) is 0 Å². The topological polar surface area (TPSA) is 66.8 Å². The second kappa shape index (κ2) is 31.6. The number of ether oxygens (including phenoxy) is 1. The molecule has 0 bridgehead atoms. The molecule has 222 valence electrons. The molecule has 0 aromatic heterocycles. The summed E-state index contributed by atoms with van der Waals surface area (Å²) in [6, 6.07) is 0. The zero-order valence-electron chi connectivity index (χ0n) is 25.0. The molecule has 0 saturated carbocycles. The first-order chi connectivity index (χ1) is 18.2. The lowest BCUT2D eigenvalue weighted by molar-refractivity contribution is -0.147. The summed E-state index contributed by atoms with van der Waals surface area (Å²) in [4.78, 5) is 11.5. The minimum Gasteiger partial charge on any atom is -0.463 e. The van der Waals surface area contributed by atoms with E-state index in [-0.39, 0.29) is 19.2 Å². The smallest absolute Gasteiger partial charge is 0.305 e. The Morgan fingerprint density at radius 1 is 0.514 bits per heavy atom. The summed E-state index contributed by atoms with van der Waals surface area (Å²) in [5.74, 6) is -0.271. The summed E-state index contributed by atoms with van der Waals surface area (Å²) in [7, 11) is 0. The highest BCUT2D eigenvalue weighted by molar-refractivity contribution is 5.69. The van der Waals surface area contributed by atoms with E-state index in [0.717, 1.165) is 12.8 Å². The van der Waals surface area contributed by atoms with Crippen molar-refractivity contribution in [3.8, 4) is 0 Å². The third kappa shape index (κ3) is 31.5. The lowest BCUT2D eigenvalue weighted by Gasteiger charge is -2.08. The summed E-state index contributed by atoms with van der Waals surface area (Å²) in [5.41, 5.74) is 0. The van der Waals surface area contributed by atoms with Crippen LogP contribution in [-0.2, 0) is 9.53 Å². The molecule has 37 heavy (non-hydrogen) atoms. The van der Waals surface area contributed by atoms with E-state index in [1.165, 1.54) is 161 Å². The number of hydrogen-bond acceptors (Lipinski definition) is 4. The van der Waals surface area contributed by atoms with Crippen LogP contribution in [0.4, 0.5) is 0 Å². The average molecular weight is 527 g/mol. The fourth-order valence-electron chi connectivity index (χ4n) is 5.08. The van der Waals surface area contributed by atoms with E-state index in [4.69, 9.17) is 14.9 Å². The van der Waals surface area contributed by atoms with Gasteiger partial charge < -0.3 is 14.9 Å². The summed E-state index contributed by atoms with van der Waals surface area (Å²) in [5, 5.41) is 17.8. The molecule has 0 radical (unpaired) electrons. The number of carbonyl (C=O) groups is 1. The lowest BCUT2D eigenvalue weighted by Crippen LogP contribution is -2.21. The van der Waals surface area contributed by atoms with Crippen molar-refractivity contribution >= 4 is 5.97 Å². The van der Waals surface area contributed by atoms with Crippen LogP contribution in [0.1, 0.15) is 187 Å². The van der Waals surface area contributed by atoms with Gasteiger partial charge in [0.2, 0.25) is 0 Å². The number of carbonyl (C=O) groups excluding carboxylic acids is 1. The molecule has 0 spiro atoms. The number of aliphatic hydroxyl groups excluding tert-OH is 2. The fraction of sp³-hybridized carbons (Fsp3) is 0.970. The number of unbranched alkanes of at least 4 members (excludes halogenated alkanes) is 26. The molecule has 0 aliphatic rings. The Balaban J connectivity index is 3.09. The normalized spacial score (nSPS) is 12.2. The Morgan fingerprint density at radius 2 is 0.784 bits per heavy atom. The molecule has 0 aromatic carbocycles. The van der Waals surface area contributed by atoms with E-state index in [9.17, 15) is 4.79 Å². The SMILES string of the molecule is CCCCCCCCCCCCCCCCCCCCCCCCCCCCCC(=O)OC[C@@H](O)CO. The molecule has 0 unspecified atom stereocenters. The minimum atomic E-state index is -0.956. The molecule has 4 heteroatoms. The van der Waals surface area contributed by atoms with E-state index >= 15 is 0 Å². The van der Waals surface area contributed by atoms with E-state index in [2.05, 4.69) is 6.92 Å². The molecular formula is C33H66O4. The van der Waals surface area contributed by atoms with Gasteiger partial charge in [0.05, 0.1) is 6.61 Å². The van der Waals surface area contributed by atoms with Crippen LogP contribution in [0.3, 0.4) is 0 Å². The second-order valence-electron chi connectivity index (χ2n) is 11.5. The largest absolute Gasteiger partial charge is 0.463 e. The van der Waals surface area contributed by atoms with Crippen LogP contribution < -0.4 is 0 Å². The molecular weight excluding hydrogens is 460 g/mol. The van der Waals surface area contributed by atoms with Gasteiger partial charge in [-0.2, -0.15) is 0 Å². The van der Waals surface area contributed by atoms with Crippen molar-refractivity contribution in [2.24, 2.45) is 0 Å². The van der Waals surface area contributed by atoms with Crippen molar-refractivity contribution in [1.29, 1.82) is 0 Å². The zero-order chi connectivity index (χ0) is 27.1. The Hall–Kier alpha value is -0.610. The fourth-order valence-corrected chi connectivity index (χ4v) is 5.08. The summed E-state index contributed by atoms with van der Waals surface area (Å²) >= 11 is 0. The van der Waals surface area contributed by atoms with Crippen LogP contribution in [0.5, 0.6) is 0 Å². The second-order valence-corrected chi connectivity index (χ2v) is 11.5. The maximum absolute atomic E-state index is 11.5. The van der Waals surface area contributed by atoms with E-state index in [1.54, 1.807) is 0 Å². The quantitative estimate of drug-likeness (QED) is 0.0696. The maximum atomic E-state index is 11.5. The predicted octanol–water partition coefficient (Wildman–Crippen LogP) is 9.83. The first kappa shape index (κ1) is 36.4. The third-order valence-electron chi connectivity index (χ3n) is 7.63. The van der Waals surface area contributed by atoms with Crippen molar-refractivity contribution < 1.29 is 19.7 Å². The van der Waals surface area contributed by atoms with Crippen LogP contribution >= 0.6 is 0 Å². The van der Waals surface area contributed by atoms with Gasteiger partial charge in [-0.25, -0.2) is 0 Å². The highest BCUT2D eigenvalue weighted by Crippen LogP contribution is 2.16. The highest BCUT2D eigenvalue weighted by atomic mass is 16.5. The average Bonchev–Trinajstić information content (AvgIpc) is 2.91. The van der Waals surface area contributed by atoms with E-state index in [1.807, 2.05) is 0 Å². The molecule has 1 atom stereocenters. The molecule has 0 aliphatic heterocycles. The van der Waals surface area contributed by atoms with Crippen molar-refractivity contribution in [3.05, 3.63) is 0 Å². The lowest BCUT2D eigenvalue weighted by atomic mass is 10.0. The first-order valence-corrected chi connectivity index (χ1v) is 16.6. The van der Waals surface area contributed by atoms with Crippen molar-refractivity contribution in [2.45, 2.75) is 193 Å². The minimum absolute atomic E-state index is 0.102. The van der Waals surface area contributed by atoms with E-state index < -0.39 is 6.10 Å². The number of rotatable bonds is 31. The number of hydrogen-bond donors (Lipinski definition) is 2. The highest BCUT2D eigenvalue weighted by Gasteiger charge is 2.07. The predicted molar refractivity (Wildman–Crippen MR) is 159 cm³/mol. The Labute approximate surface area is 231 Å². The summed E-state index contributed by atoms with van der Waals surface area (Å²) in [6.07, 6.45) is 36.7. The van der Waals surface area contributed by atoms with Crippen LogP contribution in [0.15, 0.2) is 0 Å². The van der Waals surface area contributed by atoms with Gasteiger partial charge in [-0.3, -0.25) is 4.79 Å². The maximum Gasteiger partial charge on any atom is 0.305 e. The van der Waals surface area contributed by atoms with E-state index in [0.29, 0.717) is 6.42 Å². The van der Waals surface area contributed by atoms with Gasteiger partial charge in [0, 0.05) is 6.42 Å². The van der Waals surface area contributed by atoms with Gasteiger partial charge in [0.25, 0.3) is 0 Å². The number of esters is 1. The van der Waals surface area contributed by atoms with Crippen LogP contribution in [0.2, 0.25) is 0 Å². The Bertz CT molecular complexity index is 440. The monoisotopic (exact) mass is 526 g/mol. The zero-order valence-corrected chi connectivity index (χ0v) is 25.0. The van der Waals surface area contributed by atoms with Gasteiger partial charge in [-0.1, -0.05) is 174 Å². The Kier molecular flexibility index (Phi) is 31.1. The molecule has 0 fully saturated rings. The van der Waals surface area contributed by atoms with Gasteiger partial charge in [0.1, 0.15) is 12.7 Å². The molecule has 4 nitrogen and oxygen atoms in total. The van der Waals surface area contributed by atoms with Gasteiger partial charge in [-0.15, -0.1) is 0 Å². The molecule has 2 N–H and O–H groups in total. The molecule has 0 amide bonds. The van der Waals surface area contributed by atoms with Crippen molar-refractivity contribution in [2.75, 3.05) is 13.2 Å². The van der Waals surface area contributed by atoms with Crippen molar-refractivity contribution in [3.63, 3.8) is 0 Å². The van der Waals surface area contributed by atoms with Crippen molar-refractivity contribution in [1.82, 2.24) is 0 Å². The summed E-state index contributed by atoms with van der Waals surface area (Å²) < 4.78 is 4.90. The third-order valence-corrected chi connectivity index (χ3v) is 7.63. The molecule has 0 aliphatic carbocycles. The molecule has 0 saturated heterocycles. The summed E-state index contributed by atoms with van der Waals surface area (Å²) in [6.45, 7) is 1.82. The first-order valence-electron chi connectivity index (χ1n) is 16.6. The van der Waals surface area contributed by atoms with Gasteiger partial charge in [-0.05, 0) is 6.42 Å². The standard InChI is InChI=1S/C33H66O4/c1-2-3-4-5-6-7-8-9-10-11-12-13-14-15-16-17-18-19-20-21-22-23-24-25-26-27-28-29-33(36)37-31-32(35)30-34/h32,34-35H,2-31H2,1H3/t32-/m0/s1.